The number of carbonyl (C=O) groups is 4. The molecule has 15 aromatic rings. The molecule has 4 saturated heterocycles. The van der Waals surface area contributed by atoms with E-state index in [1.54, 1.807) is 34.1 Å². The highest BCUT2D eigenvalue weighted by Gasteiger charge is 2.39. The van der Waals surface area contributed by atoms with E-state index >= 15 is 17.6 Å². The molecule has 5 fully saturated rings. The topological polar surface area (TPSA) is 357 Å². The Hall–Kier alpha value is -15.9. The Balaban J connectivity index is 0.000000131. The molecule has 1 atom stereocenters. The van der Waals surface area contributed by atoms with Crippen molar-refractivity contribution in [1.29, 1.82) is 0 Å². The van der Waals surface area contributed by atoms with Crippen LogP contribution in [0.1, 0.15) is 62.3 Å². The summed E-state index contributed by atoms with van der Waals surface area (Å²) in [5, 5.41) is 49.5. The summed E-state index contributed by atoms with van der Waals surface area (Å²) in [6.45, 7) is 24.4. The number of rotatable bonds is 17. The smallest absolute Gasteiger partial charge is 0.261 e. The van der Waals surface area contributed by atoms with Gasteiger partial charge in [-0.05, 0) is 171 Å². The number of halogens is 13. The van der Waals surface area contributed by atoms with Crippen molar-refractivity contribution in [3.63, 3.8) is 0 Å². The minimum atomic E-state index is -1.01. The number of phenols is 5. The standard InChI is InChI=1S/C23H19ClF2N2O2.C22H18ClF2N3O3.C20H14Cl2FN3O3.C20H14ClF2N3O3.C20H16FN3O3/c1-3-12(2)7-13-8-14(9-13)28-11-27-22-15(23(28)30)10-16(24)19(21(22)26)20-17(25)5-4-6-18(20)29;1-2-17(30)27-8-4-5-12(10-27)28-11-26-21-13(22(28)31)9-14(23)18(20(21)25)19-15(24)6-3-7-16(19)29;1-2-16(28)25-7-10(8-25)26-9-24-19-13(20(26)29)6-15(22)17(18(19)23)12-5-11(27)3-4-14(12)21;1-2-15(28)25-7-10(8-25)26-9-24-19-11(20(26)29)6-12(21)16(18(19)23)17-13(22)4-3-5-14(17)27;1-2-18(26)23-9-13(10-23)24-11-22-16-8-12(6-7-14(16)20(24)27)19-15(21)4-3-5-17(19)25/h3-6,10-11,13-14,29H,1-2,7-9H2;2-3,6-7,9,11-12,29H,1,4-5,8,10H2;2*2-6,9-10,27H,1,7-8H2;2-8,11,13,25H,1,9-10H2. The molecule has 20 rings (SSSR count). The van der Waals surface area contributed by atoms with Crippen molar-refractivity contribution in [1.82, 2.24) is 67.4 Å². The van der Waals surface area contributed by atoms with Crippen LogP contribution in [0.2, 0.25) is 25.1 Å². The monoisotopic (exact) mass is 2090 g/mol. The normalized spacial score (nSPS) is 15.5. The number of aromatic nitrogens is 10. The first kappa shape index (κ1) is 103. The van der Waals surface area contributed by atoms with Crippen LogP contribution in [0.5, 0.6) is 28.7 Å². The number of benzene rings is 10. The molecule has 4 aliphatic heterocycles. The van der Waals surface area contributed by atoms with Gasteiger partial charge in [0.25, 0.3) is 27.8 Å². The van der Waals surface area contributed by atoms with Gasteiger partial charge < -0.3 is 45.1 Å². The van der Waals surface area contributed by atoms with Gasteiger partial charge in [-0.25, -0.2) is 60.0 Å². The summed E-state index contributed by atoms with van der Waals surface area (Å²) in [7, 11) is 0. The van der Waals surface area contributed by atoms with E-state index in [0.29, 0.717) is 87.6 Å². The molecule has 1 aliphatic carbocycles. The van der Waals surface area contributed by atoms with Crippen molar-refractivity contribution in [2.45, 2.75) is 62.3 Å². The van der Waals surface area contributed by atoms with E-state index in [9.17, 15) is 86.2 Å². The second kappa shape index (κ2) is 42.6. The van der Waals surface area contributed by atoms with E-state index < -0.39 is 97.2 Å². The fourth-order valence-corrected chi connectivity index (χ4v) is 19.4. The number of hydrogen-bond donors (Lipinski definition) is 5. The number of allylic oxidation sites excluding steroid dienone is 2. The van der Waals surface area contributed by atoms with E-state index in [1.807, 2.05) is 0 Å². The lowest BCUT2D eigenvalue weighted by molar-refractivity contribution is -0.132. The Morgan fingerprint density at radius 3 is 1.03 bits per heavy atom. The van der Waals surface area contributed by atoms with E-state index in [2.05, 4.69) is 64.4 Å². The molecule has 41 heteroatoms. The third kappa shape index (κ3) is 19.8. The largest absolute Gasteiger partial charge is 0.508 e. The van der Waals surface area contributed by atoms with Gasteiger partial charge in [0.05, 0.1) is 131 Å². The lowest BCUT2D eigenvalue weighted by Crippen LogP contribution is -2.52. The van der Waals surface area contributed by atoms with Crippen LogP contribution in [0, 0.1) is 52.5 Å². The number of piperidine rings is 1. The van der Waals surface area contributed by atoms with Gasteiger partial charge in [-0.15, -0.1) is 0 Å². The molecule has 4 amide bonds. The van der Waals surface area contributed by atoms with Crippen LogP contribution in [-0.2, 0) is 19.2 Å². The van der Waals surface area contributed by atoms with Gasteiger partial charge >= 0.3 is 0 Å². The van der Waals surface area contributed by atoms with Crippen LogP contribution in [0.25, 0.3) is 110 Å². The van der Waals surface area contributed by atoms with Gasteiger partial charge in [-0.2, -0.15) is 0 Å². The molecule has 5 aliphatic rings. The number of likely N-dealkylation sites (tertiary alicyclic amines) is 4. The number of amides is 4. The third-order valence-corrected chi connectivity index (χ3v) is 27.4. The van der Waals surface area contributed by atoms with Crippen molar-refractivity contribution < 1.29 is 79.8 Å². The zero-order valence-corrected chi connectivity index (χ0v) is 80.2. The van der Waals surface area contributed by atoms with Crippen LogP contribution < -0.4 is 27.8 Å². The Kier molecular flexibility index (Phi) is 30.0. The highest BCUT2D eigenvalue weighted by molar-refractivity contribution is 6.38. The van der Waals surface area contributed by atoms with Gasteiger partial charge in [0.15, 0.2) is 23.3 Å². The molecular weight excluding hydrogens is 2010 g/mol. The molecule has 1 saturated carbocycles. The third-order valence-electron chi connectivity index (χ3n) is 25.8. The van der Waals surface area contributed by atoms with Gasteiger partial charge in [0.1, 0.15) is 74.1 Å². The summed E-state index contributed by atoms with van der Waals surface area (Å²) in [6, 6.07) is 27.6. The first-order valence-corrected chi connectivity index (χ1v) is 46.6. The maximum Gasteiger partial charge on any atom is 0.261 e. The molecule has 0 radical (unpaired) electrons. The van der Waals surface area contributed by atoms with E-state index in [0.717, 1.165) is 43.0 Å². The van der Waals surface area contributed by atoms with Crippen molar-refractivity contribution in [2.75, 3.05) is 52.4 Å². The summed E-state index contributed by atoms with van der Waals surface area (Å²) < 4.78 is 125. The van der Waals surface area contributed by atoms with Gasteiger partial charge in [-0.1, -0.05) is 139 Å². The molecule has 5 N–H and O–H groups in total. The zero-order valence-electron chi connectivity index (χ0n) is 76.5. The molecule has 28 nitrogen and oxygen atoms in total. The van der Waals surface area contributed by atoms with E-state index in [1.165, 1.54) is 186 Å². The summed E-state index contributed by atoms with van der Waals surface area (Å²) >= 11 is 31.0. The Labute approximate surface area is 847 Å². The van der Waals surface area contributed by atoms with Crippen molar-refractivity contribution >= 4 is 136 Å². The van der Waals surface area contributed by atoms with Crippen LogP contribution in [-0.4, -0.2) is 169 Å². The number of phenolic OH excluding ortho intramolecular Hbond substituents is 5. The maximum absolute atomic E-state index is 15.3. The van der Waals surface area contributed by atoms with Gasteiger partial charge in [0.2, 0.25) is 23.6 Å². The maximum atomic E-state index is 15.3. The summed E-state index contributed by atoms with van der Waals surface area (Å²) in [6.07, 6.45) is 16.8. The second-order valence-electron chi connectivity index (χ2n) is 34.6. The van der Waals surface area contributed by atoms with Crippen molar-refractivity contribution in [3.05, 3.63) is 364 Å². The molecule has 746 valence electrons. The van der Waals surface area contributed by atoms with Crippen molar-refractivity contribution in [2.24, 2.45) is 5.92 Å². The van der Waals surface area contributed by atoms with Gasteiger partial charge in [-0.3, -0.25) is 66.0 Å². The minimum Gasteiger partial charge on any atom is -0.508 e. The van der Waals surface area contributed by atoms with E-state index in [-0.39, 0.29) is 179 Å². The SMILES string of the molecule is C=CC(=C)CC1CC(n2cnc3c(F)c(-c4c(O)cccc4F)c(Cl)cc3c2=O)C1.C=CC(=O)N1CC(n2cnc3c(F)c(-c4c(O)cccc4F)c(Cl)cc3c2=O)C1.C=CC(=O)N1CC(n2cnc3c(F)c(-c4cc(O)ccc4Cl)c(Cl)cc3c2=O)C1.C=CC(=O)N1CC(n2cnc3cc(-c4c(O)cccc4F)ccc3c2=O)C1.C=CC(=O)N1CCCC(n2cnc3c(F)c(-c4c(O)cccc4F)c(Cl)cc3c2=O)C1. The molecule has 1 unspecified atom stereocenters. The Morgan fingerprint density at radius 1 is 0.349 bits per heavy atom. The fraction of sp³-hybridized carbons (Fsp3) is 0.181. The molecule has 9 heterocycles. The molecule has 146 heavy (non-hydrogen) atoms. The lowest BCUT2D eigenvalue weighted by Gasteiger charge is -2.39. The van der Waals surface area contributed by atoms with Crippen LogP contribution in [0.15, 0.2) is 264 Å². The number of carbonyl (C=O) groups excluding carboxylic acids is 4. The molecule has 5 aromatic heterocycles. The van der Waals surface area contributed by atoms with Crippen molar-refractivity contribution in [3.8, 4) is 84.4 Å². The summed E-state index contributed by atoms with van der Waals surface area (Å²) in [5.74, 6) is -9.00. The van der Waals surface area contributed by atoms with Crippen LogP contribution >= 0.6 is 58.0 Å². The Morgan fingerprint density at radius 2 is 0.671 bits per heavy atom. The summed E-state index contributed by atoms with van der Waals surface area (Å²) in [4.78, 5) is 138. The highest BCUT2D eigenvalue weighted by atomic mass is 35.5. The Bertz CT molecular complexity index is 8270. The number of fused-ring (bicyclic) bond motifs is 5. The molecule has 0 bridgehead atoms. The first-order chi connectivity index (χ1) is 69.8. The average Bonchev–Trinajstić information content (AvgIpc) is 0.784. The zero-order chi connectivity index (χ0) is 105. The number of nitrogens with zero attached hydrogens (tertiary/aromatic N) is 14. The molecule has 0 spiro atoms. The quantitative estimate of drug-likeness (QED) is 0.0321. The molecule has 10 aromatic carbocycles. The predicted octanol–water partition coefficient (Wildman–Crippen LogP) is 19.4. The van der Waals surface area contributed by atoms with Gasteiger partial charge in [0, 0.05) is 91.2 Å². The molecular formula is C105H81Cl5F8N14O14. The number of hydrogen-bond acceptors (Lipinski definition) is 19. The van der Waals surface area contributed by atoms with Crippen LogP contribution in [0.3, 0.4) is 0 Å². The number of aromatic hydroxyl groups is 5. The summed E-state index contributed by atoms with van der Waals surface area (Å²) in [5.41, 5.74) is -3.26. The predicted molar refractivity (Wildman–Crippen MR) is 538 cm³/mol. The van der Waals surface area contributed by atoms with E-state index in [4.69, 9.17) is 58.0 Å². The fourth-order valence-electron chi connectivity index (χ4n) is 18.0. The highest BCUT2D eigenvalue weighted by Crippen LogP contribution is 2.48. The minimum absolute atomic E-state index is 0.0125. The first-order valence-electron chi connectivity index (χ1n) is 44.7. The van der Waals surface area contributed by atoms with Crippen LogP contribution in [0.4, 0.5) is 35.1 Å². The average molecular weight is 2090 g/mol. The second-order valence-corrected chi connectivity index (χ2v) is 36.7. The lowest BCUT2D eigenvalue weighted by atomic mass is 9.76.